The van der Waals surface area contributed by atoms with Crippen molar-refractivity contribution < 1.29 is 4.92 Å². The lowest BCUT2D eigenvalue weighted by molar-refractivity contribution is -0.384. The fourth-order valence-corrected chi connectivity index (χ4v) is 4.69. The molecule has 2 aromatic carbocycles. The van der Waals surface area contributed by atoms with Crippen LogP contribution in [0.2, 0.25) is 15.1 Å². The predicted molar refractivity (Wildman–Crippen MR) is 101 cm³/mol. The third-order valence-electron chi connectivity index (χ3n) is 4.91. The van der Waals surface area contributed by atoms with Gasteiger partial charge in [0.25, 0.3) is 5.69 Å². The maximum Gasteiger partial charge on any atom is 0.269 e. The molecule has 4 nitrogen and oxygen atoms in total. The van der Waals surface area contributed by atoms with Crippen molar-refractivity contribution in [1.82, 2.24) is 0 Å². The fraction of sp³-hybridized carbons (Fsp3) is 0.222. The Labute approximate surface area is 159 Å². The van der Waals surface area contributed by atoms with E-state index in [0.717, 1.165) is 23.2 Å². The smallest absolute Gasteiger partial charge is 0.269 e. The number of nitro benzene ring substituents is 1. The maximum absolute atomic E-state index is 11.2. The molecule has 1 N–H and O–H groups in total. The molecule has 7 heteroatoms. The van der Waals surface area contributed by atoms with Crippen LogP contribution in [0.5, 0.6) is 0 Å². The Morgan fingerprint density at radius 1 is 1.12 bits per heavy atom. The first-order valence-corrected chi connectivity index (χ1v) is 8.95. The van der Waals surface area contributed by atoms with Crippen molar-refractivity contribution in [3.05, 3.63) is 78.8 Å². The summed E-state index contributed by atoms with van der Waals surface area (Å²) in [6, 6.07) is 7.97. The van der Waals surface area contributed by atoms with E-state index in [1.54, 1.807) is 18.2 Å². The minimum Gasteiger partial charge on any atom is -0.378 e. The van der Waals surface area contributed by atoms with Crippen molar-refractivity contribution in [2.75, 3.05) is 5.32 Å². The van der Waals surface area contributed by atoms with Crippen LogP contribution in [0, 0.1) is 16.0 Å². The zero-order chi connectivity index (χ0) is 17.7. The second-order valence-electron chi connectivity index (χ2n) is 6.29. The summed E-state index contributed by atoms with van der Waals surface area (Å²) in [5.74, 6) is 0.312. The first-order valence-electron chi connectivity index (χ1n) is 7.81. The van der Waals surface area contributed by atoms with E-state index in [0.29, 0.717) is 15.1 Å². The van der Waals surface area contributed by atoms with Gasteiger partial charge in [0.15, 0.2) is 0 Å². The van der Waals surface area contributed by atoms with Gasteiger partial charge in [-0.05, 0) is 30.5 Å². The predicted octanol–water partition coefficient (Wildman–Crippen LogP) is 6.38. The molecular weight excluding hydrogens is 383 g/mol. The van der Waals surface area contributed by atoms with E-state index in [1.807, 2.05) is 6.07 Å². The van der Waals surface area contributed by atoms with Gasteiger partial charge in [0.05, 0.1) is 11.0 Å². The van der Waals surface area contributed by atoms with E-state index < -0.39 is 4.92 Å². The van der Waals surface area contributed by atoms with Crippen LogP contribution in [-0.4, -0.2) is 4.92 Å². The van der Waals surface area contributed by atoms with Crippen LogP contribution in [0.1, 0.15) is 29.5 Å². The van der Waals surface area contributed by atoms with Gasteiger partial charge in [-0.15, -0.1) is 0 Å². The highest BCUT2D eigenvalue weighted by Crippen LogP contribution is 2.53. The summed E-state index contributed by atoms with van der Waals surface area (Å²) in [7, 11) is 0. The largest absolute Gasteiger partial charge is 0.378 e. The van der Waals surface area contributed by atoms with Gasteiger partial charge in [-0.25, -0.2) is 0 Å². The fourth-order valence-electron chi connectivity index (χ4n) is 3.83. The summed E-state index contributed by atoms with van der Waals surface area (Å²) >= 11 is 19.0. The lowest BCUT2D eigenvalue weighted by atomic mass is 9.77. The molecule has 2 aromatic rings. The summed E-state index contributed by atoms with van der Waals surface area (Å²) in [4.78, 5) is 10.7. The topological polar surface area (TPSA) is 55.2 Å². The summed E-state index contributed by atoms with van der Waals surface area (Å²) in [6.45, 7) is 0. The molecule has 0 spiro atoms. The van der Waals surface area contributed by atoms with Gasteiger partial charge in [-0.1, -0.05) is 47.0 Å². The van der Waals surface area contributed by atoms with Crippen molar-refractivity contribution in [1.29, 1.82) is 0 Å². The third kappa shape index (κ3) is 2.78. The van der Waals surface area contributed by atoms with E-state index in [9.17, 15) is 10.1 Å². The number of halogens is 3. The first-order chi connectivity index (χ1) is 12.0. The number of fused-ring (bicyclic) bond motifs is 3. The Kier molecular flexibility index (Phi) is 4.14. The number of benzene rings is 2. The molecular formula is C18H13Cl3N2O2. The van der Waals surface area contributed by atoms with Crippen molar-refractivity contribution >= 4 is 46.2 Å². The molecule has 0 saturated heterocycles. The number of allylic oxidation sites excluding steroid dienone is 2. The number of anilines is 1. The number of non-ortho nitro benzene ring substituents is 1. The van der Waals surface area contributed by atoms with Crippen molar-refractivity contribution in [2.45, 2.75) is 18.4 Å². The lowest BCUT2D eigenvalue weighted by Crippen LogP contribution is -2.29. The molecule has 3 atom stereocenters. The van der Waals surface area contributed by atoms with Crippen molar-refractivity contribution in [3.63, 3.8) is 0 Å². The number of nitrogens with one attached hydrogen (secondary N) is 1. The van der Waals surface area contributed by atoms with Crippen LogP contribution in [0.4, 0.5) is 11.4 Å². The maximum atomic E-state index is 11.2. The normalized spacial score (nSPS) is 23.7. The van der Waals surface area contributed by atoms with E-state index in [-0.39, 0.29) is 23.6 Å². The monoisotopic (exact) mass is 394 g/mol. The standard InChI is InChI=1S/C18H13Cl3N2O2/c19-9-6-15(21)17-11-2-1-3-12(11)18(22-16(17)7-9)13-8-10(23(24)25)4-5-14(13)20/h1-2,4-8,11-12,18,22H,3H2/t11-,12-,18+/m0/s1. The Hall–Kier alpha value is -1.75. The highest BCUT2D eigenvalue weighted by molar-refractivity contribution is 6.35. The summed E-state index contributed by atoms with van der Waals surface area (Å²) < 4.78 is 0. The first kappa shape index (κ1) is 16.7. The number of rotatable bonds is 2. The summed E-state index contributed by atoms with van der Waals surface area (Å²) in [5.41, 5.74) is 2.61. The highest BCUT2D eigenvalue weighted by Gasteiger charge is 2.40. The molecule has 0 fully saturated rings. The Morgan fingerprint density at radius 3 is 2.68 bits per heavy atom. The van der Waals surface area contributed by atoms with E-state index in [2.05, 4.69) is 17.5 Å². The number of nitro groups is 1. The zero-order valence-electron chi connectivity index (χ0n) is 12.9. The van der Waals surface area contributed by atoms with Gasteiger partial charge < -0.3 is 5.32 Å². The minimum absolute atomic E-state index is 0.0265. The van der Waals surface area contributed by atoms with E-state index in [4.69, 9.17) is 34.8 Å². The molecule has 25 heavy (non-hydrogen) atoms. The molecule has 0 unspecified atom stereocenters. The van der Waals surface area contributed by atoms with Gasteiger partial charge in [0.1, 0.15) is 0 Å². The quantitative estimate of drug-likeness (QED) is 0.364. The third-order valence-corrected chi connectivity index (χ3v) is 5.78. The molecule has 4 rings (SSSR count). The molecule has 0 saturated carbocycles. The van der Waals surface area contributed by atoms with Gasteiger partial charge in [-0.2, -0.15) is 0 Å². The van der Waals surface area contributed by atoms with Crippen LogP contribution in [0.25, 0.3) is 0 Å². The summed E-state index contributed by atoms with van der Waals surface area (Å²) in [6.07, 6.45) is 5.11. The number of hydrogen-bond acceptors (Lipinski definition) is 3. The van der Waals surface area contributed by atoms with Crippen LogP contribution < -0.4 is 5.32 Å². The van der Waals surface area contributed by atoms with Crippen LogP contribution >= 0.6 is 34.8 Å². The molecule has 0 aromatic heterocycles. The molecule has 0 radical (unpaired) electrons. The average molecular weight is 396 g/mol. The molecule has 1 aliphatic carbocycles. The summed E-state index contributed by atoms with van der Waals surface area (Å²) in [5, 5.41) is 16.3. The van der Waals surface area contributed by atoms with E-state index in [1.165, 1.54) is 6.07 Å². The average Bonchev–Trinajstić information content (AvgIpc) is 3.03. The Balaban J connectivity index is 1.85. The second-order valence-corrected chi connectivity index (χ2v) is 7.54. The van der Waals surface area contributed by atoms with Crippen molar-refractivity contribution in [3.8, 4) is 0 Å². The van der Waals surface area contributed by atoms with Gasteiger partial charge in [0, 0.05) is 49.9 Å². The SMILES string of the molecule is O=[N+]([O-])c1ccc(Cl)c([C@@H]2Nc3cc(Cl)cc(Cl)c3[C@H]3C=CC[C@@H]32)c1. The lowest BCUT2D eigenvalue weighted by Gasteiger charge is -2.38. The second kappa shape index (κ2) is 6.20. The molecule has 0 bridgehead atoms. The molecule has 1 aliphatic heterocycles. The van der Waals surface area contributed by atoms with Gasteiger partial charge in [0.2, 0.25) is 0 Å². The minimum atomic E-state index is -0.408. The zero-order valence-corrected chi connectivity index (χ0v) is 15.1. The van der Waals surface area contributed by atoms with Gasteiger partial charge >= 0.3 is 0 Å². The molecule has 128 valence electrons. The van der Waals surface area contributed by atoms with Gasteiger partial charge in [-0.3, -0.25) is 10.1 Å². The molecule has 2 aliphatic rings. The Bertz CT molecular complexity index is 913. The molecule has 0 amide bonds. The van der Waals surface area contributed by atoms with Crippen LogP contribution in [0.3, 0.4) is 0 Å². The van der Waals surface area contributed by atoms with E-state index >= 15 is 0 Å². The number of hydrogen-bond donors (Lipinski definition) is 1. The van der Waals surface area contributed by atoms with Crippen LogP contribution in [0.15, 0.2) is 42.5 Å². The number of nitrogens with zero attached hydrogens (tertiary/aromatic N) is 1. The van der Waals surface area contributed by atoms with Crippen LogP contribution in [-0.2, 0) is 0 Å². The highest BCUT2D eigenvalue weighted by atomic mass is 35.5. The van der Waals surface area contributed by atoms with Crippen molar-refractivity contribution in [2.24, 2.45) is 5.92 Å². The molecule has 1 heterocycles. The Morgan fingerprint density at radius 2 is 1.92 bits per heavy atom.